The summed E-state index contributed by atoms with van der Waals surface area (Å²) < 4.78 is 0. The Morgan fingerprint density at radius 1 is 1.14 bits per heavy atom. The standard InChI is InChI=1S/C22H23ClN2O2S/c1-15-4-2-11-24(14-15)20-19(18-5-3-13-28-18)21(26)25(22(20)27)12-10-16-6-8-17(23)9-7-16/h3,5-9,13,15H,2,4,10-12,14H2,1H3. The smallest absolute Gasteiger partial charge is 0.277 e. The molecular formula is C22H23ClN2O2S. The molecule has 1 fully saturated rings. The highest BCUT2D eigenvalue weighted by molar-refractivity contribution is 7.11. The van der Waals surface area contributed by atoms with Crippen LogP contribution in [0.3, 0.4) is 0 Å². The number of carbonyl (C=O) groups is 2. The van der Waals surface area contributed by atoms with Crippen molar-refractivity contribution in [2.24, 2.45) is 5.92 Å². The lowest BCUT2D eigenvalue weighted by Gasteiger charge is -2.33. The van der Waals surface area contributed by atoms with Crippen molar-refractivity contribution >= 4 is 40.3 Å². The van der Waals surface area contributed by atoms with E-state index in [2.05, 4.69) is 11.8 Å². The minimum atomic E-state index is -0.172. The normalized spacial score (nSPS) is 20.4. The van der Waals surface area contributed by atoms with Crippen LogP contribution in [-0.4, -0.2) is 41.2 Å². The SMILES string of the molecule is CC1CCCN(C2=C(c3cccs3)C(=O)N(CCc3ccc(Cl)cc3)C2=O)C1. The van der Waals surface area contributed by atoms with Gasteiger partial charge < -0.3 is 4.90 Å². The summed E-state index contributed by atoms with van der Waals surface area (Å²) in [6.45, 7) is 4.24. The van der Waals surface area contributed by atoms with E-state index in [1.807, 2.05) is 41.8 Å². The number of hydrogen-bond donors (Lipinski definition) is 0. The first-order valence-corrected chi connectivity index (χ1v) is 10.9. The minimum absolute atomic E-state index is 0.156. The third kappa shape index (κ3) is 3.74. The van der Waals surface area contributed by atoms with Crippen LogP contribution < -0.4 is 0 Å². The zero-order valence-corrected chi connectivity index (χ0v) is 17.4. The first kappa shape index (κ1) is 19.2. The molecule has 1 aromatic heterocycles. The Balaban J connectivity index is 1.60. The molecule has 4 rings (SSSR count). The maximum absolute atomic E-state index is 13.3. The van der Waals surface area contributed by atoms with E-state index in [4.69, 9.17) is 11.6 Å². The Morgan fingerprint density at radius 2 is 1.93 bits per heavy atom. The van der Waals surface area contributed by atoms with E-state index < -0.39 is 0 Å². The molecule has 0 bridgehead atoms. The first-order chi connectivity index (χ1) is 13.5. The zero-order valence-electron chi connectivity index (χ0n) is 15.9. The molecule has 1 unspecified atom stereocenters. The quantitative estimate of drug-likeness (QED) is 0.678. The number of carbonyl (C=O) groups excluding carboxylic acids is 2. The van der Waals surface area contributed by atoms with Crippen LogP contribution in [0.15, 0.2) is 47.5 Å². The van der Waals surface area contributed by atoms with Gasteiger partial charge in [-0.25, -0.2) is 0 Å². The highest BCUT2D eigenvalue weighted by Crippen LogP contribution is 2.35. The number of nitrogens with zero attached hydrogens (tertiary/aromatic N) is 2. The van der Waals surface area contributed by atoms with Crippen LogP contribution in [0.5, 0.6) is 0 Å². The highest BCUT2D eigenvalue weighted by atomic mass is 35.5. The van der Waals surface area contributed by atoms with Crippen molar-refractivity contribution < 1.29 is 9.59 Å². The third-order valence-corrected chi connectivity index (χ3v) is 6.56. The monoisotopic (exact) mass is 414 g/mol. The third-order valence-electron chi connectivity index (χ3n) is 5.42. The Labute approximate surface area is 174 Å². The highest BCUT2D eigenvalue weighted by Gasteiger charge is 2.42. The van der Waals surface area contributed by atoms with Gasteiger partial charge in [0.1, 0.15) is 5.70 Å². The summed E-state index contributed by atoms with van der Waals surface area (Å²) in [7, 11) is 0. The molecule has 0 aliphatic carbocycles. The van der Waals surface area contributed by atoms with Crippen LogP contribution in [0, 0.1) is 5.92 Å². The number of hydrogen-bond acceptors (Lipinski definition) is 4. The summed E-state index contributed by atoms with van der Waals surface area (Å²) in [5, 5.41) is 2.63. The van der Waals surface area contributed by atoms with E-state index >= 15 is 0 Å². The van der Waals surface area contributed by atoms with Gasteiger partial charge in [0.15, 0.2) is 0 Å². The second-order valence-electron chi connectivity index (χ2n) is 7.53. The topological polar surface area (TPSA) is 40.6 Å². The summed E-state index contributed by atoms with van der Waals surface area (Å²) in [5.41, 5.74) is 2.23. The van der Waals surface area contributed by atoms with Crippen molar-refractivity contribution in [3.63, 3.8) is 0 Å². The van der Waals surface area contributed by atoms with Gasteiger partial charge >= 0.3 is 0 Å². The summed E-state index contributed by atoms with van der Waals surface area (Å²) in [6, 6.07) is 11.4. The lowest BCUT2D eigenvalue weighted by molar-refractivity contribution is -0.137. The van der Waals surface area contributed by atoms with Crippen LogP contribution in [0.2, 0.25) is 5.02 Å². The van der Waals surface area contributed by atoms with Gasteiger partial charge in [-0.1, -0.05) is 36.7 Å². The van der Waals surface area contributed by atoms with E-state index in [0.29, 0.717) is 35.2 Å². The molecule has 2 aromatic rings. The Kier molecular flexibility index (Phi) is 5.56. The largest absolute Gasteiger partial charge is 0.366 e. The summed E-state index contributed by atoms with van der Waals surface area (Å²) in [5.74, 6) is 0.197. The molecular weight excluding hydrogens is 392 g/mol. The van der Waals surface area contributed by atoms with Gasteiger partial charge in [-0.05, 0) is 54.3 Å². The molecule has 146 valence electrons. The van der Waals surface area contributed by atoms with Crippen molar-refractivity contribution in [1.82, 2.24) is 9.80 Å². The number of imide groups is 1. The zero-order chi connectivity index (χ0) is 19.7. The van der Waals surface area contributed by atoms with Crippen molar-refractivity contribution in [3.05, 3.63) is 62.9 Å². The molecule has 0 radical (unpaired) electrons. The maximum atomic E-state index is 13.3. The molecule has 1 saturated heterocycles. The van der Waals surface area contributed by atoms with E-state index in [1.54, 1.807) is 0 Å². The van der Waals surface area contributed by atoms with Crippen LogP contribution in [0.1, 0.15) is 30.2 Å². The number of amides is 2. The maximum Gasteiger partial charge on any atom is 0.277 e. The molecule has 4 nitrogen and oxygen atoms in total. The van der Waals surface area contributed by atoms with Crippen molar-refractivity contribution in [2.75, 3.05) is 19.6 Å². The fourth-order valence-electron chi connectivity index (χ4n) is 3.99. The Hall–Kier alpha value is -2.11. The molecule has 0 N–H and O–H groups in total. The van der Waals surface area contributed by atoms with Crippen LogP contribution in [0.25, 0.3) is 5.57 Å². The number of thiophene rings is 1. The first-order valence-electron chi connectivity index (χ1n) is 9.68. The fraction of sp³-hybridized carbons (Fsp3) is 0.364. The molecule has 0 spiro atoms. The number of halogens is 1. The molecule has 6 heteroatoms. The Bertz CT molecular complexity index is 905. The number of piperidine rings is 1. The van der Waals surface area contributed by atoms with Gasteiger partial charge in [-0.15, -0.1) is 11.3 Å². The van der Waals surface area contributed by atoms with E-state index in [0.717, 1.165) is 30.0 Å². The Morgan fingerprint density at radius 3 is 2.61 bits per heavy atom. The summed E-state index contributed by atoms with van der Waals surface area (Å²) in [6.07, 6.45) is 2.84. The summed E-state index contributed by atoms with van der Waals surface area (Å²) >= 11 is 7.46. The summed E-state index contributed by atoms with van der Waals surface area (Å²) in [4.78, 5) is 30.9. The molecule has 3 heterocycles. The molecule has 1 aromatic carbocycles. The molecule has 1 atom stereocenters. The van der Waals surface area contributed by atoms with Gasteiger partial charge in [-0.2, -0.15) is 0 Å². The van der Waals surface area contributed by atoms with Crippen molar-refractivity contribution in [1.29, 1.82) is 0 Å². The van der Waals surface area contributed by atoms with Crippen LogP contribution in [-0.2, 0) is 16.0 Å². The van der Waals surface area contributed by atoms with Crippen LogP contribution >= 0.6 is 22.9 Å². The predicted octanol–water partition coefficient (Wildman–Crippen LogP) is 4.46. The van der Waals surface area contributed by atoms with Crippen molar-refractivity contribution in [2.45, 2.75) is 26.2 Å². The molecule has 0 saturated carbocycles. The van der Waals surface area contributed by atoms with E-state index in [-0.39, 0.29) is 11.8 Å². The van der Waals surface area contributed by atoms with Gasteiger partial charge in [0, 0.05) is 29.5 Å². The fourth-order valence-corrected chi connectivity index (χ4v) is 4.88. The van der Waals surface area contributed by atoms with Gasteiger partial charge in [-0.3, -0.25) is 14.5 Å². The average molecular weight is 415 g/mol. The van der Waals surface area contributed by atoms with Crippen LogP contribution in [0.4, 0.5) is 0 Å². The lowest BCUT2D eigenvalue weighted by atomic mass is 9.99. The second-order valence-corrected chi connectivity index (χ2v) is 8.92. The van der Waals surface area contributed by atoms with Gasteiger partial charge in [0.05, 0.1) is 5.57 Å². The lowest BCUT2D eigenvalue weighted by Crippen LogP contribution is -2.39. The van der Waals surface area contributed by atoms with Crippen molar-refractivity contribution in [3.8, 4) is 0 Å². The minimum Gasteiger partial charge on any atom is -0.366 e. The van der Waals surface area contributed by atoms with E-state index in [9.17, 15) is 9.59 Å². The molecule has 2 aliphatic rings. The number of likely N-dealkylation sites (tertiary alicyclic amines) is 1. The number of benzene rings is 1. The second kappa shape index (κ2) is 8.10. The average Bonchev–Trinajstić information content (AvgIpc) is 3.28. The predicted molar refractivity (Wildman–Crippen MR) is 113 cm³/mol. The molecule has 28 heavy (non-hydrogen) atoms. The van der Waals surface area contributed by atoms with E-state index in [1.165, 1.54) is 22.7 Å². The van der Waals surface area contributed by atoms with Gasteiger partial charge in [0.25, 0.3) is 11.8 Å². The number of rotatable bonds is 5. The molecule has 2 aliphatic heterocycles. The molecule has 2 amide bonds. The van der Waals surface area contributed by atoms with Gasteiger partial charge in [0.2, 0.25) is 0 Å².